The number of anilines is 1. The maximum absolute atomic E-state index is 12.5. The van der Waals surface area contributed by atoms with Crippen LogP contribution >= 0.6 is 15.9 Å². The van der Waals surface area contributed by atoms with Crippen molar-refractivity contribution in [2.75, 3.05) is 5.32 Å². The predicted octanol–water partition coefficient (Wildman–Crippen LogP) is 2.77. The summed E-state index contributed by atoms with van der Waals surface area (Å²) in [5, 5.41) is 11.7. The van der Waals surface area contributed by atoms with Crippen molar-refractivity contribution in [1.82, 2.24) is 4.90 Å². The van der Waals surface area contributed by atoms with Crippen LogP contribution in [0.4, 0.5) is 5.69 Å². The topological polar surface area (TPSA) is 104 Å². The summed E-state index contributed by atoms with van der Waals surface area (Å²) in [6.45, 7) is 1.41. The summed E-state index contributed by atoms with van der Waals surface area (Å²) in [5.41, 5.74) is 0.454. The van der Waals surface area contributed by atoms with Crippen molar-refractivity contribution >= 4 is 45.3 Å². The Labute approximate surface area is 156 Å². The molecule has 8 heteroatoms. The fourth-order valence-electron chi connectivity index (χ4n) is 2.72. The van der Waals surface area contributed by atoms with Crippen LogP contribution in [-0.4, -0.2) is 39.7 Å². The molecule has 1 atom stereocenters. The number of carbonyl (C=O) groups is 4. The molecule has 132 valence electrons. The lowest BCUT2D eigenvalue weighted by molar-refractivity contribution is -0.119. The van der Waals surface area contributed by atoms with Gasteiger partial charge in [0, 0.05) is 4.47 Å². The van der Waals surface area contributed by atoms with E-state index in [4.69, 9.17) is 0 Å². The first kappa shape index (κ1) is 17.8. The lowest BCUT2D eigenvalue weighted by Gasteiger charge is -2.22. The Kier molecular flexibility index (Phi) is 4.60. The van der Waals surface area contributed by atoms with Crippen molar-refractivity contribution in [3.05, 3.63) is 63.6 Å². The fourth-order valence-corrected chi connectivity index (χ4v) is 3.08. The minimum absolute atomic E-state index is 0.0779. The maximum Gasteiger partial charge on any atom is 0.337 e. The van der Waals surface area contributed by atoms with Crippen molar-refractivity contribution < 1.29 is 24.3 Å². The van der Waals surface area contributed by atoms with E-state index in [0.29, 0.717) is 4.47 Å². The van der Waals surface area contributed by atoms with Gasteiger partial charge in [0.25, 0.3) is 11.8 Å². The number of benzene rings is 2. The maximum atomic E-state index is 12.5. The summed E-state index contributed by atoms with van der Waals surface area (Å²) in [6, 6.07) is 9.58. The van der Waals surface area contributed by atoms with E-state index in [1.165, 1.54) is 31.2 Å². The lowest BCUT2D eigenvalue weighted by atomic mass is 10.1. The summed E-state index contributed by atoms with van der Waals surface area (Å²) < 4.78 is 0.543. The molecule has 0 saturated carbocycles. The van der Waals surface area contributed by atoms with Gasteiger partial charge in [0.05, 0.1) is 22.4 Å². The normalized spacial score (nSPS) is 14.2. The molecule has 1 unspecified atom stereocenters. The standard InChI is InChI=1S/C18H13BrN2O5/c1-9(21-16(23)11-4-2-3-5-12(11)17(21)24)15(22)20-14-7-6-10(19)8-13(14)18(25)26/h2-9H,1H3,(H,20,22)(H,25,26). The molecule has 2 aromatic carbocycles. The van der Waals surface area contributed by atoms with Crippen molar-refractivity contribution in [2.24, 2.45) is 0 Å². The number of hydrogen-bond donors (Lipinski definition) is 2. The number of imide groups is 1. The highest BCUT2D eigenvalue weighted by Gasteiger charge is 2.40. The van der Waals surface area contributed by atoms with E-state index in [1.807, 2.05) is 0 Å². The van der Waals surface area contributed by atoms with Gasteiger partial charge in [0.15, 0.2) is 0 Å². The zero-order valence-electron chi connectivity index (χ0n) is 13.5. The number of halogens is 1. The average Bonchev–Trinajstić information content (AvgIpc) is 2.87. The largest absolute Gasteiger partial charge is 0.478 e. The molecule has 0 saturated heterocycles. The Morgan fingerprint density at radius 3 is 2.19 bits per heavy atom. The molecule has 1 aliphatic rings. The van der Waals surface area contributed by atoms with Gasteiger partial charge in [-0.3, -0.25) is 19.3 Å². The Morgan fingerprint density at radius 2 is 1.65 bits per heavy atom. The zero-order chi connectivity index (χ0) is 19.0. The predicted molar refractivity (Wildman–Crippen MR) is 96.1 cm³/mol. The third kappa shape index (κ3) is 2.99. The van der Waals surface area contributed by atoms with Gasteiger partial charge in [-0.1, -0.05) is 28.1 Å². The zero-order valence-corrected chi connectivity index (χ0v) is 15.1. The van der Waals surface area contributed by atoms with E-state index >= 15 is 0 Å². The van der Waals surface area contributed by atoms with E-state index in [0.717, 1.165) is 4.90 Å². The van der Waals surface area contributed by atoms with Gasteiger partial charge >= 0.3 is 5.97 Å². The van der Waals surface area contributed by atoms with Gasteiger partial charge in [-0.2, -0.15) is 0 Å². The number of hydrogen-bond acceptors (Lipinski definition) is 4. The lowest BCUT2D eigenvalue weighted by Crippen LogP contribution is -2.45. The molecule has 2 aromatic rings. The van der Waals surface area contributed by atoms with Crippen LogP contribution in [0.5, 0.6) is 0 Å². The number of nitrogens with one attached hydrogen (secondary N) is 1. The van der Waals surface area contributed by atoms with Crippen LogP contribution in [-0.2, 0) is 4.79 Å². The first-order chi connectivity index (χ1) is 12.3. The SMILES string of the molecule is CC(C(=O)Nc1ccc(Br)cc1C(=O)O)N1C(=O)c2ccccc2C1=O. The van der Waals surface area contributed by atoms with Crippen LogP contribution in [0.15, 0.2) is 46.9 Å². The summed E-state index contributed by atoms with van der Waals surface area (Å²) in [5.74, 6) is -2.98. The summed E-state index contributed by atoms with van der Waals surface area (Å²) in [4.78, 5) is 49.7. The molecule has 0 spiro atoms. The molecule has 3 rings (SSSR count). The van der Waals surface area contributed by atoms with Crippen LogP contribution in [0.25, 0.3) is 0 Å². The number of fused-ring (bicyclic) bond motifs is 1. The molecule has 1 aliphatic heterocycles. The molecule has 0 aromatic heterocycles. The van der Waals surface area contributed by atoms with Crippen molar-refractivity contribution in [3.63, 3.8) is 0 Å². The monoisotopic (exact) mass is 416 g/mol. The van der Waals surface area contributed by atoms with Crippen molar-refractivity contribution in [3.8, 4) is 0 Å². The third-order valence-corrected chi connectivity index (χ3v) is 4.56. The second-order valence-corrected chi connectivity index (χ2v) is 6.60. The number of rotatable bonds is 4. The molecule has 2 N–H and O–H groups in total. The molecule has 0 aliphatic carbocycles. The third-order valence-electron chi connectivity index (χ3n) is 4.06. The Bertz CT molecular complexity index is 921. The Balaban J connectivity index is 1.85. The molecule has 0 fully saturated rings. The average molecular weight is 417 g/mol. The van der Waals surface area contributed by atoms with Crippen LogP contribution in [0.1, 0.15) is 38.0 Å². The number of nitrogens with zero attached hydrogens (tertiary/aromatic N) is 1. The second kappa shape index (κ2) is 6.72. The van der Waals surface area contributed by atoms with Gasteiger partial charge in [-0.05, 0) is 37.3 Å². The number of carboxylic acid groups (broad SMARTS) is 1. The molecular weight excluding hydrogens is 404 g/mol. The van der Waals surface area contributed by atoms with Gasteiger partial charge in [0.1, 0.15) is 6.04 Å². The highest BCUT2D eigenvalue weighted by Crippen LogP contribution is 2.26. The highest BCUT2D eigenvalue weighted by molar-refractivity contribution is 9.10. The summed E-state index contributed by atoms with van der Waals surface area (Å²) in [7, 11) is 0. The number of carbonyl (C=O) groups excluding carboxylic acids is 3. The van der Waals surface area contributed by atoms with E-state index in [9.17, 15) is 24.3 Å². The van der Waals surface area contributed by atoms with E-state index in [-0.39, 0.29) is 22.4 Å². The summed E-state index contributed by atoms with van der Waals surface area (Å²) >= 11 is 3.17. The molecule has 26 heavy (non-hydrogen) atoms. The molecule has 3 amide bonds. The Morgan fingerprint density at radius 1 is 1.08 bits per heavy atom. The molecule has 0 radical (unpaired) electrons. The highest BCUT2D eigenvalue weighted by atomic mass is 79.9. The smallest absolute Gasteiger partial charge is 0.337 e. The first-order valence-electron chi connectivity index (χ1n) is 7.62. The molecule has 0 bridgehead atoms. The van der Waals surface area contributed by atoms with E-state index < -0.39 is 29.7 Å². The van der Waals surface area contributed by atoms with Crippen LogP contribution in [0, 0.1) is 0 Å². The van der Waals surface area contributed by atoms with Crippen LogP contribution < -0.4 is 5.32 Å². The van der Waals surface area contributed by atoms with Gasteiger partial charge in [-0.25, -0.2) is 4.79 Å². The number of carboxylic acids is 1. The van der Waals surface area contributed by atoms with Gasteiger partial charge in [-0.15, -0.1) is 0 Å². The number of amides is 3. The molecule has 7 nitrogen and oxygen atoms in total. The fraction of sp³-hybridized carbons (Fsp3) is 0.111. The van der Waals surface area contributed by atoms with E-state index in [1.54, 1.807) is 18.2 Å². The molecular formula is C18H13BrN2O5. The van der Waals surface area contributed by atoms with Crippen LogP contribution in [0.3, 0.4) is 0 Å². The summed E-state index contributed by atoms with van der Waals surface area (Å²) in [6.07, 6.45) is 0. The van der Waals surface area contributed by atoms with Gasteiger partial charge in [0.2, 0.25) is 5.91 Å². The van der Waals surface area contributed by atoms with Crippen molar-refractivity contribution in [2.45, 2.75) is 13.0 Å². The molecule has 1 heterocycles. The van der Waals surface area contributed by atoms with Crippen LogP contribution in [0.2, 0.25) is 0 Å². The quantitative estimate of drug-likeness (QED) is 0.745. The first-order valence-corrected chi connectivity index (χ1v) is 8.41. The van der Waals surface area contributed by atoms with Crippen molar-refractivity contribution in [1.29, 1.82) is 0 Å². The number of aromatic carboxylic acids is 1. The Hall–Kier alpha value is -3.00. The van der Waals surface area contributed by atoms with Gasteiger partial charge < -0.3 is 10.4 Å². The second-order valence-electron chi connectivity index (χ2n) is 5.69. The minimum atomic E-state index is -1.21. The minimum Gasteiger partial charge on any atom is -0.478 e. The van der Waals surface area contributed by atoms with E-state index in [2.05, 4.69) is 21.2 Å².